The molecule has 108 valence electrons. The molecule has 0 amide bonds. The minimum absolute atomic E-state index is 0.293. The van der Waals surface area contributed by atoms with E-state index in [1.807, 2.05) is 12.3 Å². The van der Waals surface area contributed by atoms with E-state index in [4.69, 9.17) is 0 Å². The van der Waals surface area contributed by atoms with Crippen LogP contribution in [0.2, 0.25) is 0 Å². The van der Waals surface area contributed by atoms with E-state index in [0.29, 0.717) is 6.04 Å². The summed E-state index contributed by atoms with van der Waals surface area (Å²) in [5.74, 6) is 0. The topological polar surface area (TPSA) is 24.9 Å². The average Bonchev–Trinajstić information content (AvgIpc) is 2.88. The van der Waals surface area contributed by atoms with Crippen LogP contribution in [0, 0.1) is 0 Å². The number of aryl methyl sites for hydroxylation is 1. The zero-order chi connectivity index (χ0) is 14.4. The highest BCUT2D eigenvalue weighted by Gasteiger charge is 2.17. The SMILES string of the molecule is CCCNC(Cc1sccc1Br)c1ncccc1CC. The molecule has 0 fully saturated rings. The van der Waals surface area contributed by atoms with Gasteiger partial charge in [0.1, 0.15) is 0 Å². The first-order chi connectivity index (χ1) is 9.76. The standard InChI is InChI=1S/C16H21BrN2S/c1-3-8-18-14(11-15-13(17)7-10-20-15)16-12(4-2)6-5-9-19-16/h5-7,9-10,14,18H,3-4,8,11H2,1-2H3. The molecule has 0 saturated heterocycles. The number of rotatable bonds is 7. The van der Waals surface area contributed by atoms with Gasteiger partial charge < -0.3 is 5.32 Å². The quantitative estimate of drug-likeness (QED) is 0.777. The van der Waals surface area contributed by atoms with Crippen LogP contribution < -0.4 is 5.32 Å². The molecule has 0 saturated carbocycles. The van der Waals surface area contributed by atoms with E-state index in [-0.39, 0.29) is 0 Å². The van der Waals surface area contributed by atoms with Gasteiger partial charge in [-0.05, 0) is 58.4 Å². The largest absolute Gasteiger partial charge is 0.308 e. The third-order valence-electron chi connectivity index (χ3n) is 3.36. The Morgan fingerprint density at radius 3 is 2.85 bits per heavy atom. The van der Waals surface area contributed by atoms with Gasteiger partial charge in [-0.25, -0.2) is 0 Å². The van der Waals surface area contributed by atoms with Gasteiger partial charge in [0.05, 0.1) is 11.7 Å². The van der Waals surface area contributed by atoms with Crippen molar-refractivity contribution in [3.8, 4) is 0 Å². The van der Waals surface area contributed by atoms with Crippen LogP contribution in [0.1, 0.15) is 42.4 Å². The maximum atomic E-state index is 4.64. The fraction of sp³-hybridized carbons (Fsp3) is 0.438. The summed E-state index contributed by atoms with van der Waals surface area (Å²) in [7, 11) is 0. The average molecular weight is 353 g/mol. The highest BCUT2D eigenvalue weighted by atomic mass is 79.9. The number of hydrogen-bond donors (Lipinski definition) is 1. The first-order valence-corrected chi connectivity index (χ1v) is 8.82. The van der Waals surface area contributed by atoms with Crippen LogP contribution >= 0.6 is 27.3 Å². The molecule has 2 nitrogen and oxygen atoms in total. The van der Waals surface area contributed by atoms with Crippen LogP contribution in [0.3, 0.4) is 0 Å². The summed E-state index contributed by atoms with van der Waals surface area (Å²) < 4.78 is 1.21. The zero-order valence-electron chi connectivity index (χ0n) is 12.0. The van der Waals surface area contributed by atoms with Gasteiger partial charge in [0.15, 0.2) is 0 Å². The second-order valence-corrected chi connectivity index (χ2v) is 6.66. The highest BCUT2D eigenvalue weighted by Crippen LogP contribution is 2.28. The summed E-state index contributed by atoms with van der Waals surface area (Å²) >= 11 is 5.44. The Kier molecular flexibility index (Phi) is 6.20. The van der Waals surface area contributed by atoms with Crippen LogP contribution in [-0.2, 0) is 12.8 Å². The molecule has 1 N–H and O–H groups in total. The first kappa shape index (κ1) is 15.7. The van der Waals surface area contributed by atoms with Crippen molar-refractivity contribution < 1.29 is 0 Å². The van der Waals surface area contributed by atoms with E-state index in [9.17, 15) is 0 Å². The molecule has 2 aromatic heterocycles. The fourth-order valence-corrected chi connectivity index (χ4v) is 3.87. The predicted molar refractivity (Wildman–Crippen MR) is 90.4 cm³/mol. The normalized spacial score (nSPS) is 12.6. The van der Waals surface area contributed by atoms with E-state index in [2.05, 4.69) is 57.6 Å². The lowest BCUT2D eigenvalue weighted by Gasteiger charge is -2.20. The summed E-state index contributed by atoms with van der Waals surface area (Å²) in [4.78, 5) is 6.02. The van der Waals surface area contributed by atoms with Gasteiger partial charge in [0, 0.05) is 22.0 Å². The molecule has 0 bridgehead atoms. The summed E-state index contributed by atoms with van der Waals surface area (Å²) in [6, 6.07) is 6.63. The van der Waals surface area contributed by atoms with Gasteiger partial charge in [0.2, 0.25) is 0 Å². The predicted octanol–water partition coefficient (Wildman–Crippen LogP) is 4.75. The number of nitrogens with one attached hydrogen (secondary N) is 1. The summed E-state index contributed by atoms with van der Waals surface area (Å²) in [5, 5.41) is 5.78. The monoisotopic (exact) mass is 352 g/mol. The van der Waals surface area contributed by atoms with Gasteiger partial charge in [-0.1, -0.05) is 19.9 Å². The van der Waals surface area contributed by atoms with Crippen molar-refractivity contribution in [2.24, 2.45) is 0 Å². The molecular formula is C16H21BrN2S. The van der Waals surface area contributed by atoms with Crippen molar-refractivity contribution in [2.45, 2.75) is 39.2 Å². The van der Waals surface area contributed by atoms with Crippen molar-refractivity contribution in [1.82, 2.24) is 10.3 Å². The molecule has 1 atom stereocenters. The lowest BCUT2D eigenvalue weighted by atomic mass is 10.0. The van der Waals surface area contributed by atoms with E-state index >= 15 is 0 Å². The maximum Gasteiger partial charge on any atom is 0.0608 e. The molecule has 0 spiro atoms. The number of aromatic nitrogens is 1. The third-order valence-corrected chi connectivity index (χ3v) is 5.31. The van der Waals surface area contributed by atoms with Crippen LogP contribution in [0.4, 0.5) is 0 Å². The van der Waals surface area contributed by atoms with Gasteiger partial charge in [-0.15, -0.1) is 11.3 Å². The molecule has 0 aliphatic carbocycles. The number of halogens is 1. The second kappa shape index (κ2) is 7.91. The minimum atomic E-state index is 0.293. The maximum absolute atomic E-state index is 4.64. The highest BCUT2D eigenvalue weighted by molar-refractivity contribution is 9.10. The number of pyridine rings is 1. The summed E-state index contributed by atoms with van der Waals surface area (Å²) in [6.07, 6.45) is 5.05. The minimum Gasteiger partial charge on any atom is -0.308 e. The lowest BCUT2D eigenvalue weighted by Crippen LogP contribution is -2.26. The van der Waals surface area contributed by atoms with Crippen LogP contribution in [0.15, 0.2) is 34.2 Å². The number of nitrogens with zero attached hydrogens (tertiary/aromatic N) is 1. The second-order valence-electron chi connectivity index (χ2n) is 4.80. The molecule has 0 aromatic carbocycles. The number of thiophene rings is 1. The summed E-state index contributed by atoms with van der Waals surface area (Å²) in [5.41, 5.74) is 2.54. The van der Waals surface area contributed by atoms with Gasteiger partial charge in [-0.3, -0.25) is 4.98 Å². The molecule has 0 aliphatic rings. The Bertz CT molecular complexity index is 539. The van der Waals surface area contributed by atoms with E-state index in [1.54, 1.807) is 11.3 Å². The first-order valence-electron chi connectivity index (χ1n) is 7.15. The van der Waals surface area contributed by atoms with Crippen molar-refractivity contribution >= 4 is 27.3 Å². The third kappa shape index (κ3) is 3.90. The zero-order valence-corrected chi connectivity index (χ0v) is 14.4. The molecule has 0 aliphatic heterocycles. The number of hydrogen-bond acceptors (Lipinski definition) is 3. The van der Waals surface area contributed by atoms with E-state index in [0.717, 1.165) is 25.8 Å². The molecule has 2 heterocycles. The Hall–Kier alpha value is -0.710. The molecular weight excluding hydrogens is 332 g/mol. The summed E-state index contributed by atoms with van der Waals surface area (Å²) in [6.45, 7) is 5.41. The molecule has 0 radical (unpaired) electrons. The lowest BCUT2D eigenvalue weighted by molar-refractivity contribution is 0.516. The fourth-order valence-electron chi connectivity index (χ4n) is 2.30. The molecule has 4 heteroatoms. The molecule has 20 heavy (non-hydrogen) atoms. The van der Waals surface area contributed by atoms with Crippen molar-refractivity contribution in [3.63, 3.8) is 0 Å². The van der Waals surface area contributed by atoms with Crippen molar-refractivity contribution in [2.75, 3.05) is 6.54 Å². The molecule has 1 unspecified atom stereocenters. The Morgan fingerprint density at radius 1 is 1.35 bits per heavy atom. The van der Waals surface area contributed by atoms with Crippen molar-refractivity contribution in [1.29, 1.82) is 0 Å². The smallest absolute Gasteiger partial charge is 0.0608 e. The van der Waals surface area contributed by atoms with Crippen LogP contribution in [-0.4, -0.2) is 11.5 Å². The van der Waals surface area contributed by atoms with Crippen molar-refractivity contribution in [3.05, 3.63) is 50.4 Å². The Morgan fingerprint density at radius 2 is 2.20 bits per heavy atom. The van der Waals surface area contributed by atoms with Gasteiger partial charge >= 0.3 is 0 Å². The molecule has 2 rings (SSSR count). The Labute approximate surface area is 133 Å². The van der Waals surface area contributed by atoms with Gasteiger partial charge in [-0.2, -0.15) is 0 Å². The van der Waals surface area contributed by atoms with E-state index < -0.39 is 0 Å². The van der Waals surface area contributed by atoms with Crippen LogP contribution in [0.25, 0.3) is 0 Å². The van der Waals surface area contributed by atoms with E-state index in [1.165, 1.54) is 20.6 Å². The van der Waals surface area contributed by atoms with Crippen LogP contribution in [0.5, 0.6) is 0 Å². The van der Waals surface area contributed by atoms with Gasteiger partial charge in [0.25, 0.3) is 0 Å². The molecule has 2 aromatic rings. The Balaban J connectivity index is 2.24.